The lowest BCUT2D eigenvalue weighted by atomic mass is 10.2. The number of fused-ring (bicyclic) bond motifs is 2. The number of aryl methyl sites for hydroxylation is 1. The second kappa shape index (κ2) is 8.00. The van der Waals surface area contributed by atoms with E-state index in [4.69, 9.17) is 0 Å². The van der Waals surface area contributed by atoms with E-state index in [1.54, 1.807) is 18.4 Å². The van der Waals surface area contributed by atoms with Crippen LogP contribution in [0.4, 0.5) is 0 Å². The number of imidazole rings is 1. The van der Waals surface area contributed by atoms with E-state index in [9.17, 15) is 5.11 Å². The molecule has 1 unspecified atom stereocenters. The smallest absolute Gasteiger partial charge is 0.191 e. The van der Waals surface area contributed by atoms with E-state index in [0.717, 1.165) is 27.3 Å². The van der Waals surface area contributed by atoms with E-state index in [1.165, 1.54) is 4.70 Å². The number of nitrogens with zero attached hydrogens (tertiary/aromatic N) is 3. The highest BCUT2D eigenvalue weighted by atomic mass is 32.1. The molecule has 28 heavy (non-hydrogen) atoms. The Balaban J connectivity index is 1.35. The van der Waals surface area contributed by atoms with Crippen molar-refractivity contribution < 1.29 is 5.11 Å². The van der Waals surface area contributed by atoms with Gasteiger partial charge in [-0.2, -0.15) is 0 Å². The quantitative estimate of drug-likeness (QED) is 0.359. The summed E-state index contributed by atoms with van der Waals surface area (Å²) in [7, 11) is 1.72. The summed E-state index contributed by atoms with van der Waals surface area (Å²) < 4.78 is 3.25. The maximum Gasteiger partial charge on any atom is 0.191 e. The van der Waals surface area contributed by atoms with E-state index in [-0.39, 0.29) is 0 Å². The predicted octanol–water partition coefficient (Wildman–Crippen LogP) is 3.26. The first-order chi connectivity index (χ1) is 13.6. The van der Waals surface area contributed by atoms with Crippen molar-refractivity contribution in [1.29, 1.82) is 0 Å². The summed E-state index contributed by atoms with van der Waals surface area (Å²) in [5, 5.41) is 18.1. The molecule has 0 aliphatic rings. The van der Waals surface area contributed by atoms with Crippen LogP contribution >= 0.6 is 11.3 Å². The van der Waals surface area contributed by atoms with Crippen LogP contribution in [0.2, 0.25) is 0 Å². The number of aliphatic imine (C=N–C) groups is 1. The van der Waals surface area contributed by atoms with Crippen molar-refractivity contribution in [2.75, 3.05) is 13.6 Å². The Bertz CT molecular complexity index is 1100. The number of pyridine rings is 1. The second-order valence-electron chi connectivity index (χ2n) is 6.64. The Morgan fingerprint density at radius 1 is 1.21 bits per heavy atom. The standard InChI is InChI=1S/C21H23N5OS/c1-14-6-5-9-20-25-16(13-26(14)20)11-23-21(22-2)24-12-17(27)19-10-15-7-3-4-8-18(15)28-19/h3-10,13,17,27H,11-12H2,1-2H3,(H2,22,23,24). The Morgan fingerprint density at radius 2 is 2.07 bits per heavy atom. The van der Waals surface area contributed by atoms with Crippen LogP contribution in [-0.4, -0.2) is 34.0 Å². The van der Waals surface area contributed by atoms with E-state index >= 15 is 0 Å². The number of rotatable bonds is 5. The van der Waals surface area contributed by atoms with Gasteiger partial charge in [-0.3, -0.25) is 4.99 Å². The van der Waals surface area contributed by atoms with Crippen molar-refractivity contribution >= 4 is 33.0 Å². The molecule has 1 atom stereocenters. The highest BCUT2D eigenvalue weighted by molar-refractivity contribution is 7.19. The Hall–Kier alpha value is -2.90. The molecule has 0 bridgehead atoms. The molecule has 6 nitrogen and oxygen atoms in total. The summed E-state index contributed by atoms with van der Waals surface area (Å²) in [6.07, 6.45) is 1.44. The van der Waals surface area contributed by atoms with Gasteiger partial charge in [-0.15, -0.1) is 11.3 Å². The summed E-state index contributed by atoms with van der Waals surface area (Å²) in [6, 6.07) is 16.3. The summed E-state index contributed by atoms with van der Waals surface area (Å²) >= 11 is 1.62. The highest BCUT2D eigenvalue weighted by Gasteiger charge is 2.12. The molecule has 0 aliphatic heterocycles. The predicted molar refractivity (Wildman–Crippen MR) is 115 cm³/mol. The van der Waals surface area contributed by atoms with E-state index in [1.807, 2.05) is 36.5 Å². The number of hydrogen-bond acceptors (Lipinski definition) is 4. The number of hydrogen-bond donors (Lipinski definition) is 3. The molecule has 0 saturated heterocycles. The van der Waals surface area contributed by atoms with Gasteiger partial charge in [0.05, 0.1) is 12.2 Å². The van der Waals surface area contributed by atoms with Gasteiger partial charge >= 0.3 is 0 Å². The van der Waals surface area contributed by atoms with Crippen LogP contribution in [-0.2, 0) is 6.54 Å². The molecule has 0 saturated carbocycles. The van der Waals surface area contributed by atoms with E-state index in [0.29, 0.717) is 19.0 Å². The zero-order valence-electron chi connectivity index (χ0n) is 15.9. The van der Waals surface area contributed by atoms with Crippen molar-refractivity contribution in [1.82, 2.24) is 20.0 Å². The fourth-order valence-electron chi connectivity index (χ4n) is 3.14. The second-order valence-corrected chi connectivity index (χ2v) is 7.75. The minimum absolute atomic E-state index is 0.386. The largest absolute Gasteiger partial charge is 0.386 e. The van der Waals surface area contributed by atoms with Crippen LogP contribution in [0.3, 0.4) is 0 Å². The third-order valence-corrected chi connectivity index (χ3v) is 5.86. The van der Waals surface area contributed by atoms with Crippen LogP contribution in [0, 0.1) is 6.92 Å². The molecule has 144 valence electrons. The molecule has 0 radical (unpaired) electrons. The van der Waals surface area contributed by atoms with Gasteiger partial charge in [0.1, 0.15) is 11.8 Å². The maximum absolute atomic E-state index is 10.5. The Morgan fingerprint density at radius 3 is 2.86 bits per heavy atom. The molecule has 3 N–H and O–H groups in total. The van der Waals surface area contributed by atoms with Crippen molar-refractivity contribution in [2.24, 2.45) is 4.99 Å². The first kappa shape index (κ1) is 18.5. The fraction of sp³-hybridized carbons (Fsp3) is 0.238. The molecule has 3 heterocycles. The lowest BCUT2D eigenvalue weighted by molar-refractivity contribution is 0.184. The summed E-state index contributed by atoms with van der Waals surface area (Å²) in [6.45, 7) is 3.00. The highest BCUT2D eigenvalue weighted by Crippen LogP contribution is 2.29. The minimum Gasteiger partial charge on any atom is -0.386 e. The zero-order valence-corrected chi connectivity index (χ0v) is 16.7. The molecule has 0 amide bonds. The van der Waals surface area contributed by atoms with Crippen molar-refractivity contribution in [3.8, 4) is 0 Å². The molecule has 1 aromatic carbocycles. The van der Waals surface area contributed by atoms with Gasteiger partial charge in [0, 0.05) is 35.1 Å². The molecule has 4 rings (SSSR count). The summed E-state index contributed by atoms with van der Waals surface area (Å²) in [5.74, 6) is 0.633. The third-order valence-electron chi connectivity index (χ3n) is 4.64. The van der Waals surface area contributed by atoms with Gasteiger partial charge in [-0.1, -0.05) is 24.3 Å². The van der Waals surface area contributed by atoms with Gasteiger partial charge < -0.3 is 20.1 Å². The number of thiophene rings is 1. The summed E-state index contributed by atoms with van der Waals surface area (Å²) in [4.78, 5) is 9.80. The average Bonchev–Trinajstić information content (AvgIpc) is 3.32. The van der Waals surface area contributed by atoms with Crippen LogP contribution in [0.5, 0.6) is 0 Å². The average molecular weight is 394 g/mol. The SMILES string of the molecule is CN=C(NCc1cn2c(C)cccc2n1)NCC(O)c1cc2ccccc2s1. The Labute approximate surface area is 167 Å². The molecular weight excluding hydrogens is 370 g/mol. The number of benzene rings is 1. The van der Waals surface area contributed by atoms with E-state index in [2.05, 4.69) is 50.1 Å². The molecule has 4 aromatic rings. The molecule has 0 aliphatic carbocycles. The number of guanidine groups is 1. The lowest BCUT2D eigenvalue weighted by Gasteiger charge is -2.14. The first-order valence-corrected chi connectivity index (χ1v) is 10.0. The van der Waals surface area contributed by atoms with Crippen LogP contribution in [0.1, 0.15) is 22.4 Å². The van der Waals surface area contributed by atoms with Crippen LogP contribution in [0.25, 0.3) is 15.7 Å². The molecule has 0 fully saturated rings. The molecule has 3 aromatic heterocycles. The fourth-order valence-corrected chi connectivity index (χ4v) is 4.19. The van der Waals surface area contributed by atoms with Gasteiger partial charge in [0.15, 0.2) is 5.96 Å². The summed E-state index contributed by atoms with van der Waals surface area (Å²) in [5.41, 5.74) is 3.01. The van der Waals surface area contributed by atoms with Crippen molar-refractivity contribution in [3.05, 3.63) is 71.0 Å². The third kappa shape index (κ3) is 3.85. The maximum atomic E-state index is 10.5. The number of aliphatic hydroxyl groups excluding tert-OH is 1. The topological polar surface area (TPSA) is 74.0 Å². The lowest BCUT2D eigenvalue weighted by Crippen LogP contribution is -2.38. The first-order valence-electron chi connectivity index (χ1n) is 9.18. The molecular formula is C21H23N5OS. The van der Waals surface area contributed by atoms with Crippen molar-refractivity contribution in [2.45, 2.75) is 19.6 Å². The van der Waals surface area contributed by atoms with Crippen molar-refractivity contribution in [3.63, 3.8) is 0 Å². The zero-order chi connectivity index (χ0) is 19.5. The van der Waals surface area contributed by atoms with Gasteiger partial charge in [-0.25, -0.2) is 4.98 Å². The van der Waals surface area contributed by atoms with Crippen LogP contribution < -0.4 is 10.6 Å². The monoisotopic (exact) mass is 393 g/mol. The molecule has 0 spiro atoms. The van der Waals surface area contributed by atoms with Gasteiger partial charge in [-0.05, 0) is 36.6 Å². The Kier molecular flexibility index (Phi) is 5.27. The normalized spacial score (nSPS) is 13.2. The number of aromatic nitrogens is 2. The van der Waals surface area contributed by atoms with Crippen LogP contribution in [0.15, 0.2) is 59.7 Å². The number of aliphatic hydroxyl groups is 1. The van der Waals surface area contributed by atoms with Gasteiger partial charge in [0.2, 0.25) is 0 Å². The number of nitrogens with one attached hydrogen (secondary N) is 2. The van der Waals surface area contributed by atoms with Gasteiger partial charge in [0.25, 0.3) is 0 Å². The molecule has 7 heteroatoms. The minimum atomic E-state index is -0.589. The van der Waals surface area contributed by atoms with E-state index < -0.39 is 6.10 Å².